The van der Waals surface area contributed by atoms with E-state index in [0.29, 0.717) is 11.3 Å². The molecule has 0 bridgehead atoms. The van der Waals surface area contributed by atoms with Crippen molar-refractivity contribution in [1.29, 1.82) is 0 Å². The maximum atomic E-state index is 11.9. The van der Waals surface area contributed by atoms with Gasteiger partial charge in [0.1, 0.15) is 5.69 Å². The SMILES string of the molecule is CSCc1ccc(C(=O)NNC(=O)c2cc(Br)c[nH]2)cc1. The molecule has 0 aliphatic rings. The van der Waals surface area contributed by atoms with E-state index in [4.69, 9.17) is 0 Å². The molecule has 2 amide bonds. The number of carbonyl (C=O) groups is 2. The first-order chi connectivity index (χ1) is 10.1. The number of nitrogens with one attached hydrogen (secondary N) is 3. The summed E-state index contributed by atoms with van der Waals surface area (Å²) >= 11 is 4.95. The first-order valence-electron chi connectivity index (χ1n) is 6.12. The van der Waals surface area contributed by atoms with Crippen LogP contribution in [-0.4, -0.2) is 23.1 Å². The van der Waals surface area contributed by atoms with E-state index >= 15 is 0 Å². The lowest BCUT2D eigenvalue weighted by Crippen LogP contribution is -2.41. The fourth-order valence-corrected chi connectivity index (χ4v) is 2.54. The third-order valence-electron chi connectivity index (χ3n) is 2.71. The van der Waals surface area contributed by atoms with Crippen molar-refractivity contribution >= 4 is 39.5 Å². The Balaban J connectivity index is 1.90. The van der Waals surface area contributed by atoms with Crippen LogP contribution in [-0.2, 0) is 5.75 Å². The maximum absolute atomic E-state index is 11.9. The summed E-state index contributed by atoms with van der Waals surface area (Å²) < 4.78 is 0.767. The number of benzene rings is 1. The molecular formula is C14H14BrN3O2S. The summed E-state index contributed by atoms with van der Waals surface area (Å²) in [6.07, 6.45) is 3.66. The topological polar surface area (TPSA) is 74.0 Å². The van der Waals surface area contributed by atoms with Gasteiger partial charge in [0.15, 0.2) is 0 Å². The summed E-state index contributed by atoms with van der Waals surface area (Å²) in [4.78, 5) is 26.4. The number of halogens is 1. The Morgan fingerprint density at radius 1 is 1.19 bits per heavy atom. The number of thioether (sulfide) groups is 1. The number of aromatic amines is 1. The van der Waals surface area contributed by atoms with Crippen LogP contribution in [0, 0.1) is 0 Å². The van der Waals surface area contributed by atoms with Crippen molar-refractivity contribution in [3.05, 3.63) is 57.8 Å². The summed E-state index contributed by atoms with van der Waals surface area (Å²) in [7, 11) is 0. The third kappa shape index (κ3) is 4.37. The zero-order valence-corrected chi connectivity index (χ0v) is 13.7. The minimum Gasteiger partial charge on any atom is -0.356 e. The lowest BCUT2D eigenvalue weighted by molar-refractivity contribution is 0.0844. The quantitative estimate of drug-likeness (QED) is 0.727. The maximum Gasteiger partial charge on any atom is 0.286 e. The molecule has 0 saturated heterocycles. The van der Waals surface area contributed by atoms with Crippen LogP contribution < -0.4 is 10.9 Å². The highest BCUT2D eigenvalue weighted by atomic mass is 79.9. The number of aromatic nitrogens is 1. The van der Waals surface area contributed by atoms with Crippen LogP contribution in [0.4, 0.5) is 0 Å². The monoisotopic (exact) mass is 367 g/mol. The predicted octanol–water partition coefficient (Wildman–Crippen LogP) is 2.72. The molecule has 1 aromatic heterocycles. The average Bonchev–Trinajstić information content (AvgIpc) is 2.92. The highest BCUT2D eigenvalue weighted by Gasteiger charge is 2.10. The number of H-pyrrole nitrogens is 1. The standard InChI is InChI=1S/C14H14BrN3O2S/c1-21-8-9-2-4-10(5-3-9)13(19)17-18-14(20)12-6-11(15)7-16-12/h2-7,16H,8H2,1H3,(H,17,19)(H,18,20). The van der Waals surface area contributed by atoms with Gasteiger partial charge in [-0.2, -0.15) is 11.8 Å². The van der Waals surface area contributed by atoms with Crippen molar-refractivity contribution in [3.8, 4) is 0 Å². The van der Waals surface area contributed by atoms with Gasteiger partial charge in [-0.25, -0.2) is 0 Å². The van der Waals surface area contributed by atoms with Crippen LogP contribution in [0.3, 0.4) is 0 Å². The van der Waals surface area contributed by atoms with Crippen LogP contribution in [0.5, 0.6) is 0 Å². The Kier molecular flexibility index (Phi) is 5.46. The molecule has 0 unspecified atom stereocenters. The Morgan fingerprint density at radius 3 is 2.43 bits per heavy atom. The normalized spacial score (nSPS) is 10.2. The highest BCUT2D eigenvalue weighted by molar-refractivity contribution is 9.10. The van der Waals surface area contributed by atoms with E-state index in [9.17, 15) is 9.59 Å². The second-order valence-corrected chi connectivity index (χ2v) is 6.05. The van der Waals surface area contributed by atoms with Gasteiger partial charge in [0.2, 0.25) is 0 Å². The molecule has 0 fully saturated rings. The zero-order chi connectivity index (χ0) is 15.2. The second kappa shape index (κ2) is 7.33. The molecule has 0 radical (unpaired) electrons. The van der Waals surface area contributed by atoms with E-state index in [1.807, 2.05) is 18.4 Å². The molecule has 0 aliphatic carbocycles. The summed E-state index contributed by atoms with van der Waals surface area (Å²) in [5.74, 6) is 0.137. The first-order valence-corrected chi connectivity index (χ1v) is 8.31. The Hall–Kier alpha value is -1.73. The van der Waals surface area contributed by atoms with Crippen molar-refractivity contribution in [2.45, 2.75) is 5.75 Å². The molecule has 7 heteroatoms. The van der Waals surface area contributed by atoms with E-state index < -0.39 is 5.91 Å². The highest BCUT2D eigenvalue weighted by Crippen LogP contribution is 2.11. The molecule has 110 valence electrons. The fourth-order valence-electron chi connectivity index (χ4n) is 1.67. The van der Waals surface area contributed by atoms with Crippen LogP contribution in [0.1, 0.15) is 26.4 Å². The van der Waals surface area contributed by atoms with Crippen molar-refractivity contribution in [3.63, 3.8) is 0 Å². The Labute approximate surface area is 135 Å². The van der Waals surface area contributed by atoms with Gasteiger partial charge in [0.25, 0.3) is 11.8 Å². The minimum atomic E-state index is -0.409. The van der Waals surface area contributed by atoms with E-state index in [1.165, 1.54) is 0 Å². The predicted molar refractivity (Wildman–Crippen MR) is 87.1 cm³/mol. The summed E-state index contributed by atoms with van der Waals surface area (Å²) in [5, 5.41) is 0. The summed E-state index contributed by atoms with van der Waals surface area (Å²) in [5.41, 5.74) is 6.74. The van der Waals surface area contributed by atoms with E-state index in [-0.39, 0.29) is 5.91 Å². The molecule has 2 aromatic rings. The Morgan fingerprint density at radius 2 is 1.86 bits per heavy atom. The van der Waals surface area contributed by atoms with Crippen molar-refractivity contribution in [2.75, 3.05) is 6.26 Å². The van der Waals surface area contributed by atoms with Crippen molar-refractivity contribution in [2.24, 2.45) is 0 Å². The summed E-state index contributed by atoms with van der Waals surface area (Å²) in [6, 6.07) is 8.89. The number of hydrogen-bond donors (Lipinski definition) is 3. The molecule has 3 N–H and O–H groups in total. The minimum absolute atomic E-state index is 0.357. The van der Waals surface area contributed by atoms with Crippen LogP contribution >= 0.6 is 27.7 Å². The molecule has 1 aromatic carbocycles. The van der Waals surface area contributed by atoms with Gasteiger partial charge >= 0.3 is 0 Å². The molecule has 0 spiro atoms. The van der Waals surface area contributed by atoms with Gasteiger partial charge in [0.05, 0.1) is 0 Å². The van der Waals surface area contributed by atoms with Crippen LogP contribution in [0.2, 0.25) is 0 Å². The lowest BCUT2D eigenvalue weighted by atomic mass is 10.1. The molecule has 0 aliphatic heterocycles. The Bertz CT molecular complexity index is 640. The average molecular weight is 368 g/mol. The smallest absolute Gasteiger partial charge is 0.286 e. The van der Waals surface area contributed by atoms with E-state index in [1.54, 1.807) is 36.2 Å². The zero-order valence-electron chi connectivity index (χ0n) is 11.3. The molecule has 2 rings (SSSR count). The number of hydrogen-bond acceptors (Lipinski definition) is 3. The first kappa shape index (κ1) is 15.7. The van der Waals surface area contributed by atoms with Gasteiger partial charge in [-0.15, -0.1) is 0 Å². The number of hydrazine groups is 1. The molecular weight excluding hydrogens is 354 g/mol. The number of carbonyl (C=O) groups excluding carboxylic acids is 2. The second-order valence-electron chi connectivity index (χ2n) is 4.27. The molecule has 5 nitrogen and oxygen atoms in total. The van der Waals surface area contributed by atoms with Crippen molar-refractivity contribution in [1.82, 2.24) is 15.8 Å². The van der Waals surface area contributed by atoms with Gasteiger partial charge in [-0.1, -0.05) is 12.1 Å². The third-order valence-corrected chi connectivity index (χ3v) is 3.79. The van der Waals surface area contributed by atoms with Gasteiger partial charge < -0.3 is 4.98 Å². The lowest BCUT2D eigenvalue weighted by Gasteiger charge is -2.07. The van der Waals surface area contributed by atoms with Gasteiger partial charge in [-0.3, -0.25) is 20.4 Å². The van der Waals surface area contributed by atoms with Gasteiger partial charge in [0, 0.05) is 22.0 Å². The van der Waals surface area contributed by atoms with Gasteiger partial charge in [-0.05, 0) is 45.9 Å². The molecule has 0 saturated carbocycles. The van der Waals surface area contributed by atoms with Crippen LogP contribution in [0.25, 0.3) is 0 Å². The number of amides is 2. The molecule has 1 heterocycles. The summed E-state index contributed by atoms with van der Waals surface area (Å²) in [6.45, 7) is 0. The number of rotatable bonds is 4. The molecule has 0 atom stereocenters. The van der Waals surface area contributed by atoms with E-state index in [2.05, 4.69) is 31.8 Å². The van der Waals surface area contributed by atoms with Crippen LogP contribution in [0.15, 0.2) is 41.0 Å². The largest absolute Gasteiger partial charge is 0.356 e. The van der Waals surface area contributed by atoms with Crippen molar-refractivity contribution < 1.29 is 9.59 Å². The van der Waals surface area contributed by atoms with E-state index in [0.717, 1.165) is 15.8 Å². The molecule has 21 heavy (non-hydrogen) atoms. The fraction of sp³-hybridized carbons (Fsp3) is 0.143.